The Balaban J connectivity index is 1.30. The minimum Gasteiger partial charge on any atom is -0.477 e. The second-order valence-corrected chi connectivity index (χ2v) is 9.83. The molecule has 5 rings (SSSR count). The third-order valence-electron chi connectivity index (χ3n) is 7.33. The van der Waals surface area contributed by atoms with Gasteiger partial charge in [-0.15, -0.1) is 0 Å². The lowest BCUT2D eigenvalue weighted by atomic mass is 9.82. The Bertz CT molecular complexity index is 1140. The number of ether oxygens (including phenoxy) is 2. The van der Waals surface area contributed by atoms with Crippen molar-refractivity contribution >= 4 is 16.8 Å². The highest BCUT2D eigenvalue weighted by atomic mass is 16.5. The summed E-state index contributed by atoms with van der Waals surface area (Å²) < 4.78 is 11.2. The van der Waals surface area contributed by atoms with Gasteiger partial charge in [0.15, 0.2) is 0 Å². The maximum Gasteiger partial charge on any atom is 0.252 e. The Hall–Kier alpha value is -3.03. The SMILES string of the molecule is NC[C@H]1CC[C@H](CNC(=O)c2cc(-c3ccc(OCC4CCOC4)nc3)nc3ccccc23)CC1. The molecule has 7 heteroatoms. The summed E-state index contributed by atoms with van der Waals surface area (Å²) in [4.78, 5) is 22.5. The van der Waals surface area contributed by atoms with Crippen molar-refractivity contribution in [1.82, 2.24) is 15.3 Å². The summed E-state index contributed by atoms with van der Waals surface area (Å²) >= 11 is 0. The van der Waals surface area contributed by atoms with Crippen LogP contribution < -0.4 is 15.8 Å². The summed E-state index contributed by atoms with van der Waals surface area (Å²) in [7, 11) is 0. The number of benzene rings is 1. The Morgan fingerprint density at radius 3 is 2.63 bits per heavy atom. The number of hydrogen-bond donors (Lipinski definition) is 2. The average Bonchev–Trinajstić information content (AvgIpc) is 3.44. The predicted octanol–water partition coefficient (Wildman–Crippen LogP) is 4.21. The van der Waals surface area contributed by atoms with Gasteiger partial charge >= 0.3 is 0 Å². The van der Waals surface area contributed by atoms with E-state index in [0.717, 1.165) is 74.0 Å². The highest BCUT2D eigenvalue weighted by Crippen LogP contribution is 2.29. The number of nitrogens with two attached hydrogens (primary N) is 1. The minimum absolute atomic E-state index is 0.0579. The number of para-hydroxylation sites is 1. The van der Waals surface area contributed by atoms with Crippen LogP contribution in [0.25, 0.3) is 22.2 Å². The molecule has 2 fully saturated rings. The van der Waals surface area contributed by atoms with Crippen LogP contribution in [-0.4, -0.2) is 48.8 Å². The molecule has 0 bridgehead atoms. The number of carbonyl (C=O) groups is 1. The molecule has 35 heavy (non-hydrogen) atoms. The standard InChI is InChI=1S/C28H34N4O3/c29-14-19-5-7-20(8-6-19)15-31-28(33)24-13-26(32-25-4-2-1-3-23(24)25)22-9-10-27(30-16-22)35-18-21-11-12-34-17-21/h1-4,9-10,13,16,19-21H,5-8,11-12,14-15,17-18,29H2,(H,31,33)/t19-,20-,21?. The molecular formula is C28H34N4O3. The second kappa shape index (κ2) is 11.1. The monoisotopic (exact) mass is 474 g/mol. The Morgan fingerprint density at radius 1 is 1.06 bits per heavy atom. The van der Waals surface area contributed by atoms with Gasteiger partial charge < -0.3 is 20.5 Å². The van der Waals surface area contributed by atoms with Crippen LogP contribution in [0, 0.1) is 17.8 Å². The molecule has 2 aromatic heterocycles. The second-order valence-electron chi connectivity index (χ2n) is 9.83. The van der Waals surface area contributed by atoms with Crippen LogP contribution in [-0.2, 0) is 4.74 Å². The van der Waals surface area contributed by atoms with E-state index < -0.39 is 0 Å². The molecule has 184 valence electrons. The van der Waals surface area contributed by atoms with Crippen molar-refractivity contribution in [2.75, 3.05) is 32.9 Å². The molecule has 1 unspecified atom stereocenters. The van der Waals surface area contributed by atoms with Gasteiger partial charge in [0.2, 0.25) is 5.88 Å². The van der Waals surface area contributed by atoms with E-state index >= 15 is 0 Å². The number of nitrogens with one attached hydrogen (secondary N) is 1. The fraction of sp³-hybridized carbons (Fsp3) is 0.464. The van der Waals surface area contributed by atoms with E-state index in [0.29, 0.717) is 42.3 Å². The number of rotatable bonds is 8. The van der Waals surface area contributed by atoms with Gasteiger partial charge in [0.05, 0.1) is 30.0 Å². The van der Waals surface area contributed by atoms with Crippen molar-refractivity contribution in [3.05, 3.63) is 54.2 Å². The topological polar surface area (TPSA) is 99.4 Å². The molecule has 3 aromatic rings. The van der Waals surface area contributed by atoms with E-state index in [4.69, 9.17) is 20.2 Å². The minimum atomic E-state index is -0.0579. The van der Waals surface area contributed by atoms with Crippen LogP contribution in [0.1, 0.15) is 42.5 Å². The van der Waals surface area contributed by atoms with Crippen molar-refractivity contribution in [3.8, 4) is 17.1 Å². The smallest absolute Gasteiger partial charge is 0.252 e. The number of carbonyl (C=O) groups excluding carboxylic acids is 1. The van der Waals surface area contributed by atoms with Gasteiger partial charge in [-0.1, -0.05) is 18.2 Å². The number of nitrogens with zero attached hydrogens (tertiary/aromatic N) is 2. The zero-order chi connectivity index (χ0) is 24.0. The number of amides is 1. The first-order chi connectivity index (χ1) is 17.2. The van der Waals surface area contributed by atoms with Crippen LogP contribution in [0.5, 0.6) is 5.88 Å². The molecule has 1 saturated heterocycles. The van der Waals surface area contributed by atoms with Gasteiger partial charge in [-0.3, -0.25) is 4.79 Å². The number of pyridine rings is 2. The highest BCUT2D eigenvalue weighted by Gasteiger charge is 2.22. The maximum absolute atomic E-state index is 13.3. The van der Waals surface area contributed by atoms with E-state index in [1.165, 1.54) is 0 Å². The molecule has 3 N–H and O–H groups in total. The first-order valence-corrected chi connectivity index (χ1v) is 12.7. The molecule has 1 aliphatic heterocycles. The zero-order valence-corrected chi connectivity index (χ0v) is 20.1. The van der Waals surface area contributed by atoms with E-state index in [-0.39, 0.29) is 5.91 Å². The van der Waals surface area contributed by atoms with E-state index in [1.54, 1.807) is 6.20 Å². The van der Waals surface area contributed by atoms with E-state index in [9.17, 15) is 4.79 Å². The van der Waals surface area contributed by atoms with Crippen LogP contribution in [0.15, 0.2) is 48.7 Å². The lowest BCUT2D eigenvalue weighted by Gasteiger charge is -2.27. The van der Waals surface area contributed by atoms with Gasteiger partial charge in [-0.25, -0.2) is 9.97 Å². The van der Waals surface area contributed by atoms with Gasteiger partial charge in [0.25, 0.3) is 5.91 Å². The molecule has 1 saturated carbocycles. The van der Waals surface area contributed by atoms with E-state index in [1.807, 2.05) is 42.5 Å². The molecule has 1 aliphatic carbocycles. The molecule has 1 aromatic carbocycles. The molecule has 1 atom stereocenters. The van der Waals surface area contributed by atoms with Crippen molar-refractivity contribution in [2.45, 2.75) is 32.1 Å². The highest BCUT2D eigenvalue weighted by molar-refractivity contribution is 6.07. The van der Waals surface area contributed by atoms with Gasteiger partial charge in [-0.05, 0) is 68.7 Å². The summed E-state index contributed by atoms with van der Waals surface area (Å²) in [5.41, 5.74) is 8.82. The summed E-state index contributed by atoms with van der Waals surface area (Å²) in [5.74, 6) is 2.11. The molecule has 7 nitrogen and oxygen atoms in total. The lowest BCUT2D eigenvalue weighted by Crippen LogP contribution is -2.32. The normalized spacial score (nSPS) is 22.3. The van der Waals surface area contributed by atoms with Crippen LogP contribution >= 0.6 is 0 Å². The molecule has 0 spiro atoms. The fourth-order valence-electron chi connectivity index (χ4n) is 5.05. The lowest BCUT2D eigenvalue weighted by molar-refractivity contribution is 0.0943. The fourth-order valence-corrected chi connectivity index (χ4v) is 5.05. The maximum atomic E-state index is 13.3. The quantitative estimate of drug-likeness (QED) is 0.507. The summed E-state index contributed by atoms with van der Waals surface area (Å²) in [6.45, 7) is 3.63. The molecular weight excluding hydrogens is 440 g/mol. The molecule has 3 heterocycles. The van der Waals surface area contributed by atoms with Crippen molar-refractivity contribution in [3.63, 3.8) is 0 Å². The largest absolute Gasteiger partial charge is 0.477 e. The van der Waals surface area contributed by atoms with Gasteiger partial charge in [-0.2, -0.15) is 0 Å². The Morgan fingerprint density at radius 2 is 1.89 bits per heavy atom. The van der Waals surface area contributed by atoms with Crippen molar-refractivity contribution < 1.29 is 14.3 Å². The third-order valence-corrected chi connectivity index (χ3v) is 7.33. The Labute approximate surface area is 206 Å². The molecule has 0 radical (unpaired) electrons. The first-order valence-electron chi connectivity index (χ1n) is 12.7. The zero-order valence-electron chi connectivity index (χ0n) is 20.1. The van der Waals surface area contributed by atoms with E-state index in [2.05, 4.69) is 10.3 Å². The van der Waals surface area contributed by atoms with Gasteiger partial charge in [0.1, 0.15) is 0 Å². The Kier molecular flexibility index (Phi) is 7.54. The molecule has 2 aliphatic rings. The summed E-state index contributed by atoms with van der Waals surface area (Å²) in [6, 6.07) is 13.5. The van der Waals surface area contributed by atoms with Gasteiger partial charge in [0, 0.05) is 42.3 Å². The average molecular weight is 475 g/mol. The summed E-state index contributed by atoms with van der Waals surface area (Å²) in [6.07, 6.45) is 7.34. The van der Waals surface area contributed by atoms with Crippen LogP contribution in [0.3, 0.4) is 0 Å². The number of aromatic nitrogens is 2. The predicted molar refractivity (Wildman–Crippen MR) is 136 cm³/mol. The number of hydrogen-bond acceptors (Lipinski definition) is 6. The first kappa shape index (κ1) is 23.7. The van der Waals surface area contributed by atoms with Crippen LogP contribution in [0.2, 0.25) is 0 Å². The summed E-state index contributed by atoms with van der Waals surface area (Å²) in [5, 5.41) is 4.04. The molecule has 1 amide bonds. The van der Waals surface area contributed by atoms with Crippen LogP contribution in [0.4, 0.5) is 0 Å². The van der Waals surface area contributed by atoms with Crippen molar-refractivity contribution in [1.29, 1.82) is 0 Å². The number of fused-ring (bicyclic) bond motifs is 1. The van der Waals surface area contributed by atoms with Crippen molar-refractivity contribution in [2.24, 2.45) is 23.5 Å². The third kappa shape index (κ3) is 5.80.